The van der Waals surface area contributed by atoms with Gasteiger partial charge in [-0.25, -0.2) is 22.0 Å². The average Bonchev–Trinajstić information content (AvgIpc) is 2.89. The molecule has 0 aromatic heterocycles. The number of nitro benzene ring substituents is 1. The molecule has 2 aromatic carbocycles. The fraction of sp³-hybridized carbons (Fsp3) is 0.200. The molecule has 0 aliphatic carbocycles. The van der Waals surface area contributed by atoms with Crippen molar-refractivity contribution in [3.63, 3.8) is 0 Å². The van der Waals surface area contributed by atoms with Crippen molar-refractivity contribution in [1.29, 1.82) is 0 Å². The second-order valence-electron chi connectivity index (χ2n) is 5.91. The minimum absolute atomic E-state index is 0.117. The fourth-order valence-corrected chi connectivity index (χ4v) is 5.47. The summed E-state index contributed by atoms with van der Waals surface area (Å²) in [6.07, 6.45) is 0.262. The van der Waals surface area contributed by atoms with E-state index in [9.17, 15) is 26.9 Å². The summed E-state index contributed by atoms with van der Waals surface area (Å²) < 4.78 is 50.3. The highest BCUT2D eigenvalue weighted by atomic mass is 32.2. The summed E-state index contributed by atoms with van der Waals surface area (Å²) >= 11 is 0. The molecule has 11 heteroatoms. The number of benzene rings is 2. The van der Waals surface area contributed by atoms with Gasteiger partial charge in [0.05, 0.1) is 15.5 Å². The van der Waals surface area contributed by atoms with Gasteiger partial charge in [-0.3, -0.25) is 14.4 Å². The highest BCUT2D eigenvalue weighted by molar-refractivity contribution is 7.93. The molecule has 0 saturated heterocycles. The smallest absolute Gasteiger partial charge is 0.263 e. The Morgan fingerprint density at radius 1 is 1.15 bits per heavy atom. The molecule has 2 aromatic rings. The van der Waals surface area contributed by atoms with Crippen LogP contribution < -0.4 is 9.44 Å². The van der Waals surface area contributed by atoms with E-state index in [1.165, 1.54) is 36.4 Å². The van der Waals surface area contributed by atoms with Crippen molar-refractivity contribution in [3.05, 3.63) is 58.1 Å². The Balaban J connectivity index is 2.16. The van der Waals surface area contributed by atoms with Gasteiger partial charge in [0.2, 0.25) is 10.0 Å². The van der Waals surface area contributed by atoms with E-state index in [0.29, 0.717) is 5.56 Å². The topological polar surface area (TPSA) is 141 Å². The molecule has 0 spiro atoms. The van der Waals surface area contributed by atoms with Crippen molar-refractivity contribution in [3.8, 4) is 0 Å². The zero-order chi connectivity index (χ0) is 19.3. The van der Waals surface area contributed by atoms with Gasteiger partial charge < -0.3 is 0 Å². The maximum Gasteiger partial charge on any atom is 0.289 e. The third-order valence-corrected chi connectivity index (χ3v) is 7.02. The molecule has 0 amide bonds. The molecule has 9 nitrogen and oxygen atoms in total. The van der Waals surface area contributed by atoms with Gasteiger partial charge in [-0.15, -0.1) is 0 Å². The molecule has 138 valence electrons. The standard InChI is InChI=1S/C15H15N3O6S2/c1-10-8-11-9-12(25(16,21)22)6-7-13(11)17(10)26(23,24)15-5-3-2-4-14(15)18(19)20/h2-7,9-10H,8H2,1H3,(H2,16,21,22). The zero-order valence-corrected chi connectivity index (χ0v) is 15.2. The lowest BCUT2D eigenvalue weighted by molar-refractivity contribution is -0.387. The minimum atomic E-state index is -4.21. The number of nitrogens with two attached hydrogens (primary N) is 1. The number of nitrogens with zero attached hydrogens (tertiary/aromatic N) is 2. The molecule has 1 unspecified atom stereocenters. The van der Waals surface area contributed by atoms with Crippen LogP contribution in [0, 0.1) is 10.1 Å². The van der Waals surface area contributed by atoms with Crippen LogP contribution >= 0.6 is 0 Å². The molecule has 3 rings (SSSR count). The van der Waals surface area contributed by atoms with Crippen molar-refractivity contribution in [1.82, 2.24) is 0 Å². The van der Waals surface area contributed by atoms with E-state index in [1.807, 2.05) is 0 Å². The van der Waals surface area contributed by atoms with Crippen molar-refractivity contribution in [2.24, 2.45) is 5.14 Å². The zero-order valence-electron chi connectivity index (χ0n) is 13.6. The van der Waals surface area contributed by atoms with Crippen molar-refractivity contribution < 1.29 is 21.8 Å². The summed E-state index contributed by atoms with van der Waals surface area (Å²) in [5.41, 5.74) is 0.253. The Bertz CT molecular complexity index is 1110. The van der Waals surface area contributed by atoms with E-state index >= 15 is 0 Å². The number of fused-ring (bicyclic) bond motifs is 1. The average molecular weight is 397 g/mol. The SMILES string of the molecule is CC1Cc2cc(S(N)(=O)=O)ccc2N1S(=O)(=O)c1ccccc1[N+](=O)[O-]. The predicted molar refractivity (Wildman–Crippen MR) is 93.7 cm³/mol. The lowest BCUT2D eigenvalue weighted by atomic mass is 10.1. The third kappa shape index (κ3) is 2.93. The molecule has 0 fully saturated rings. The van der Waals surface area contributed by atoms with Crippen LogP contribution in [0.25, 0.3) is 0 Å². The van der Waals surface area contributed by atoms with Gasteiger partial charge in [0, 0.05) is 12.1 Å². The Morgan fingerprint density at radius 2 is 1.81 bits per heavy atom. The van der Waals surface area contributed by atoms with Gasteiger partial charge in [0.25, 0.3) is 15.7 Å². The van der Waals surface area contributed by atoms with E-state index in [4.69, 9.17) is 5.14 Å². The number of rotatable bonds is 4. The van der Waals surface area contributed by atoms with E-state index < -0.39 is 41.6 Å². The van der Waals surface area contributed by atoms with Crippen molar-refractivity contribution in [2.75, 3.05) is 4.31 Å². The van der Waals surface area contributed by atoms with E-state index in [2.05, 4.69) is 0 Å². The number of hydrogen-bond acceptors (Lipinski definition) is 6. The molecule has 1 atom stereocenters. The first kappa shape index (κ1) is 18.3. The summed E-state index contributed by atoms with van der Waals surface area (Å²) in [5, 5.41) is 16.3. The molecular formula is C15H15N3O6S2. The van der Waals surface area contributed by atoms with Crippen LogP contribution in [0.15, 0.2) is 52.3 Å². The number of sulfonamides is 2. The van der Waals surface area contributed by atoms with Gasteiger partial charge in [-0.05, 0) is 43.2 Å². The number of anilines is 1. The molecule has 0 bridgehead atoms. The third-order valence-electron chi connectivity index (χ3n) is 4.13. The van der Waals surface area contributed by atoms with Crippen molar-refractivity contribution >= 4 is 31.4 Å². The first-order valence-corrected chi connectivity index (χ1v) is 10.5. The van der Waals surface area contributed by atoms with Gasteiger partial charge >= 0.3 is 0 Å². The van der Waals surface area contributed by atoms with E-state index in [-0.39, 0.29) is 17.0 Å². The summed E-state index contributed by atoms with van der Waals surface area (Å²) in [6.45, 7) is 1.64. The maximum absolute atomic E-state index is 13.1. The van der Waals surface area contributed by atoms with Gasteiger partial charge in [-0.2, -0.15) is 0 Å². The second kappa shape index (κ2) is 6.04. The molecule has 1 aliphatic rings. The molecule has 0 saturated carbocycles. The lowest BCUT2D eigenvalue weighted by Crippen LogP contribution is -2.36. The fourth-order valence-electron chi connectivity index (χ4n) is 3.05. The summed E-state index contributed by atoms with van der Waals surface area (Å²) in [4.78, 5) is 9.92. The Morgan fingerprint density at radius 3 is 2.42 bits per heavy atom. The number of primary sulfonamides is 1. The van der Waals surface area contributed by atoms with Gasteiger partial charge in [0.1, 0.15) is 0 Å². The van der Waals surface area contributed by atoms with Crippen LogP contribution in [0.2, 0.25) is 0 Å². The van der Waals surface area contributed by atoms with E-state index in [0.717, 1.165) is 10.4 Å². The van der Waals surface area contributed by atoms with Gasteiger partial charge in [0.15, 0.2) is 4.90 Å². The quantitative estimate of drug-likeness (QED) is 0.610. The van der Waals surface area contributed by atoms with Crippen molar-refractivity contribution in [2.45, 2.75) is 29.2 Å². The van der Waals surface area contributed by atoms with Crippen LogP contribution in [0.4, 0.5) is 11.4 Å². The first-order valence-electron chi connectivity index (χ1n) is 7.47. The summed E-state index contributed by atoms with van der Waals surface area (Å²) in [6, 6.07) is 8.46. The highest BCUT2D eigenvalue weighted by Crippen LogP contribution is 2.39. The van der Waals surface area contributed by atoms with Crippen LogP contribution in [-0.2, 0) is 26.5 Å². The van der Waals surface area contributed by atoms with Crippen LogP contribution in [0.1, 0.15) is 12.5 Å². The Labute approximate surface area is 150 Å². The highest BCUT2D eigenvalue weighted by Gasteiger charge is 2.39. The summed E-state index contributed by atoms with van der Waals surface area (Å²) in [5.74, 6) is 0. The first-order chi connectivity index (χ1) is 12.0. The lowest BCUT2D eigenvalue weighted by Gasteiger charge is -2.24. The molecule has 0 radical (unpaired) electrons. The van der Waals surface area contributed by atoms with Gasteiger partial charge in [-0.1, -0.05) is 12.1 Å². The van der Waals surface area contributed by atoms with Crippen LogP contribution in [0.5, 0.6) is 0 Å². The number of nitro groups is 1. The second-order valence-corrected chi connectivity index (χ2v) is 9.26. The monoisotopic (exact) mass is 397 g/mol. The molecule has 1 aliphatic heterocycles. The maximum atomic E-state index is 13.1. The predicted octanol–water partition coefficient (Wildman–Crippen LogP) is 1.38. The van der Waals surface area contributed by atoms with Crippen LogP contribution in [-0.4, -0.2) is 27.8 Å². The molecular weight excluding hydrogens is 382 g/mol. The summed E-state index contributed by atoms with van der Waals surface area (Å²) in [7, 11) is -8.14. The van der Waals surface area contributed by atoms with Crippen LogP contribution in [0.3, 0.4) is 0 Å². The Kier molecular flexibility index (Phi) is 4.25. The molecule has 1 heterocycles. The Hall–Kier alpha value is -2.50. The normalized spacial score (nSPS) is 17.2. The minimum Gasteiger partial charge on any atom is -0.263 e. The number of hydrogen-bond donors (Lipinski definition) is 1. The largest absolute Gasteiger partial charge is 0.289 e. The van der Waals surface area contributed by atoms with E-state index in [1.54, 1.807) is 6.92 Å². The molecule has 26 heavy (non-hydrogen) atoms. The molecule has 2 N–H and O–H groups in total. The number of para-hydroxylation sites is 1.